The van der Waals surface area contributed by atoms with Crippen LogP contribution in [0.5, 0.6) is 0 Å². The molecule has 1 aromatic heterocycles. The number of amides is 1. The number of nitrogens with zero attached hydrogens (tertiary/aromatic N) is 1. The summed E-state index contributed by atoms with van der Waals surface area (Å²) >= 11 is 5.99. The summed E-state index contributed by atoms with van der Waals surface area (Å²) in [4.78, 5) is 11.4. The molecule has 25 heavy (non-hydrogen) atoms. The van der Waals surface area contributed by atoms with E-state index in [1.807, 2.05) is 0 Å². The van der Waals surface area contributed by atoms with Crippen molar-refractivity contribution in [2.45, 2.75) is 18.7 Å². The molecule has 0 radical (unpaired) electrons. The number of hydrogen-bond acceptors (Lipinski definition) is 3. The van der Waals surface area contributed by atoms with Crippen LogP contribution in [0.25, 0.3) is 10.9 Å². The van der Waals surface area contributed by atoms with Gasteiger partial charge in [0.2, 0.25) is 5.91 Å². The molecule has 2 aromatic carbocycles. The van der Waals surface area contributed by atoms with Crippen molar-refractivity contribution >= 4 is 44.1 Å². The molecule has 0 unspecified atom stereocenters. The minimum atomic E-state index is -3.81. The van der Waals surface area contributed by atoms with Gasteiger partial charge in [0.05, 0.1) is 10.4 Å². The number of halogens is 1. The quantitative estimate of drug-likeness (QED) is 0.680. The van der Waals surface area contributed by atoms with Crippen LogP contribution in [0.2, 0.25) is 5.02 Å². The summed E-state index contributed by atoms with van der Waals surface area (Å²) in [6.07, 6.45) is 1.49. The van der Waals surface area contributed by atoms with Crippen LogP contribution >= 0.6 is 11.6 Å². The molecule has 0 fully saturated rings. The fraction of sp³-hybridized carbons (Fsp3) is 0.118. The van der Waals surface area contributed by atoms with Gasteiger partial charge in [-0.25, -0.2) is 12.4 Å². The Bertz CT molecular complexity index is 1070. The smallest absolute Gasteiger partial charge is 1.00 e. The number of fused-ring (bicyclic) bond motifs is 1. The van der Waals surface area contributed by atoms with Crippen molar-refractivity contribution in [1.82, 2.24) is 3.97 Å². The van der Waals surface area contributed by atoms with Crippen molar-refractivity contribution < 1.29 is 44.2 Å². The van der Waals surface area contributed by atoms with E-state index in [4.69, 9.17) is 11.6 Å². The van der Waals surface area contributed by atoms with E-state index in [0.29, 0.717) is 16.2 Å². The predicted octanol–water partition coefficient (Wildman–Crippen LogP) is 0.915. The molecule has 0 aliphatic carbocycles. The van der Waals surface area contributed by atoms with Crippen LogP contribution in [0.4, 0.5) is 5.69 Å². The zero-order valence-corrected chi connectivity index (χ0v) is 17.6. The van der Waals surface area contributed by atoms with E-state index in [1.54, 1.807) is 37.3 Å². The molecule has 0 aliphatic rings. The minimum Gasteiger partial charge on any atom is -1.00 e. The first-order valence-corrected chi connectivity index (χ1v) is 9.01. The SMILES string of the molecule is CC(=O)Nc1cc(S(=O)(=O)n2ccc3ccc(Cl)cc32)ccc1C.[H-].[Na+]. The summed E-state index contributed by atoms with van der Waals surface area (Å²) in [6.45, 7) is 3.18. The van der Waals surface area contributed by atoms with E-state index in [9.17, 15) is 13.2 Å². The second-order valence-corrected chi connectivity index (χ2v) is 7.73. The van der Waals surface area contributed by atoms with Gasteiger partial charge in [-0.3, -0.25) is 4.79 Å². The molecule has 8 heteroatoms. The van der Waals surface area contributed by atoms with E-state index in [2.05, 4.69) is 5.32 Å². The Morgan fingerprint density at radius 1 is 1.16 bits per heavy atom. The fourth-order valence-corrected chi connectivity index (χ4v) is 4.02. The van der Waals surface area contributed by atoms with Gasteiger partial charge in [-0.2, -0.15) is 0 Å². The van der Waals surface area contributed by atoms with Gasteiger partial charge < -0.3 is 6.74 Å². The second-order valence-electron chi connectivity index (χ2n) is 5.48. The fourth-order valence-electron chi connectivity index (χ4n) is 2.49. The van der Waals surface area contributed by atoms with Gasteiger partial charge >= 0.3 is 29.6 Å². The summed E-state index contributed by atoms with van der Waals surface area (Å²) in [5, 5.41) is 3.88. The maximum atomic E-state index is 13.0. The second kappa shape index (κ2) is 7.51. The van der Waals surface area contributed by atoms with Crippen molar-refractivity contribution in [2.24, 2.45) is 0 Å². The molecule has 1 amide bonds. The molecule has 5 nitrogen and oxygen atoms in total. The van der Waals surface area contributed by atoms with E-state index in [1.165, 1.54) is 29.2 Å². The monoisotopic (exact) mass is 386 g/mol. The Labute approximate surface area is 174 Å². The van der Waals surface area contributed by atoms with Crippen molar-refractivity contribution in [3.8, 4) is 0 Å². The normalized spacial score (nSPS) is 11.2. The van der Waals surface area contributed by atoms with Gasteiger partial charge in [0.15, 0.2) is 0 Å². The Hall–Kier alpha value is -1.31. The Balaban J connectivity index is 0.00000169. The molecule has 1 heterocycles. The minimum absolute atomic E-state index is 0. The van der Waals surface area contributed by atoms with Crippen molar-refractivity contribution in [3.05, 3.63) is 59.2 Å². The molecule has 3 rings (SSSR count). The van der Waals surface area contributed by atoms with Gasteiger partial charge in [-0.1, -0.05) is 23.7 Å². The third-order valence-electron chi connectivity index (χ3n) is 3.70. The van der Waals surface area contributed by atoms with Gasteiger partial charge in [0.1, 0.15) is 0 Å². The first-order valence-electron chi connectivity index (χ1n) is 7.19. The topological polar surface area (TPSA) is 68.2 Å². The summed E-state index contributed by atoms with van der Waals surface area (Å²) in [6, 6.07) is 11.4. The molecule has 3 aromatic rings. The Kier molecular flexibility index (Phi) is 6.01. The number of carbonyl (C=O) groups excluding carboxylic acids is 1. The molecule has 0 spiro atoms. The van der Waals surface area contributed by atoms with Crippen LogP contribution < -0.4 is 34.9 Å². The first-order chi connectivity index (χ1) is 11.3. The molecule has 126 valence electrons. The molecule has 0 aliphatic heterocycles. The number of hydrogen-bond donors (Lipinski definition) is 1. The van der Waals surface area contributed by atoms with E-state index >= 15 is 0 Å². The van der Waals surface area contributed by atoms with Crippen molar-refractivity contribution in [2.75, 3.05) is 5.32 Å². The summed E-state index contributed by atoms with van der Waals surface area (Å²) in [5.74, 6) is -0.258. The average molecular weight is 387 g/mol. The predicted molar refractivity (Wildman–Crippen MR) is 96.1 cm³/mol. The maximum absolute atomic E-state index is 13.0. The third-order valence-corrected chi connectivity index (χ3v) is 5.62. The van der Waals surface area contributed by atoms with Crippen molar-refractivity contribution in [3.63, 3.8) is 0 Å². The van der Waals surface area contributed by atoms with Gasteiger partial charge in [-0.05, 0) is 42.8 Å². The third kappa shape index (κ3) is 3.93. The maximum Gasteiger partial charge on any atom is 1.00 e. The van der Waals surface area contributed by atoms with E-state index < -0.39 is 10.0 Å². The molecule has 0 atom stereocenters. The molecule has 0 saturated carbocycles. The number of rotatable bonds is 3. The standard InChI is InChI=1S/C17H15ClN2O3S.Na.H/c1-11-3-6-15(10-16(11)19-12(2)21)24(22,23)20-8-7-13-4-5-14(18)9-17(13)20;;/h3-10H,1-2H3,(H,19,21);;/q;+1;-1. The first kappa shape index (κ1) is 20.0. The Morgan fingerprint density at radius 2 is 1.88 bits per heavy atom. The number of aromatic nitrogens is 1. The van der Waals surface area contributed by atoms with Crippen LogP contribution in [-0.4, -0.2) is 18.3 Å². The van der Waals surface area contributed by atoms with Crippen LogP contribution in [-0.2, 0) is 14.8 Å². The summed E-state index contributed by atoms with van der Waals surface area (Å²) < 4.78 is 27.1. The largest absolute Gasteiger partial charge is 1.00 e. The number of aryl methyl sites for hydroxylation is 1. The number of carbonyl (C=O) groups is 1. The van der Waals surface area contributed by atoms with Crippen LogP contribution in [0.15, 0.2) is 53.6 Å². The van der Waals surface area contributed by atoms with Crippen LogP contribution in [0, 0.1) is 6.92 Å². The Morgan fingerprint density at radius 3 is 2.56 bits per heavy atom. The van der Waals surface area contributed by atoms with Crippen molar-refractivity contribution in [1.29, 1.82) is 0 Å². The zero-order chi connectivity index (χ0) is 17.5. The molecule has 0 bridgehead atoms. The van der Waals surface area contributed by atoms with E-state index in [-0.39, 0.29) is 41.8 Å². The average Bonchev–Trinajstić information content (AvgIpc) is 2.92. The number of anilines is 1. The molecular weight excluding hydrogens is 371 g/mol. The molecule has 1 N–H and O–H groups in total. The summed E-state index contributed by atoms with van der Waals surface area (Å²) in [7, 11) is -3.81. The van der Waals surface area contributed by atoms with Crippen LogP contribution in [0.3, 0.4) is 0 Å². The van der Waals surface area contributed by atoms with Crippen LogP contribution in [0.1, 0.15) is 13.9 Å². The summed E-state index contributed by atoms with van der Waals surface area (Å²) in [5.41, 5.74) is 1.76. The van der Waals surface area contributed by atoms with Gasteiger partial charge in [0, 0.05) is 29.2 Å². The molecular formula is C17H16ClN2NaO3S. The zero-order valence-electron chi connectivity index (χ0n) is 15.1. The molecule has 0 saturated heterocycles. The van der Waals surface area contributed by atoms with Gasteiger partial charge in [0.25, 0.3) is 10.0 Å². The van der Waals surface area contributed by atoms with E-state index in [0.717, 1.165) is 10.9 Å². The number of nitrogens with one attached hydrogen (secondary N) is 1. The van der Waals surface area contributed by atoms with Gasteiger partial charge in [-0.15, -0.1) is 0 Å². The number of benzene rings is 2.